The fourth-order valence-electron chi connectivity index (χ4n) is 3.77. The highest BCUT2D eigenvalue weighted by molar-refractivity contribution is 7.59. The minimum absolute atomic E-state index is 0. The number of hydrogen-bond donors (Lipinski definition) is 2. The SMILES string of the molecule is Cc1c(C(=O)C(=O)C[C@H]2CCC[C@@H]2O)cc(C(=O)Nc2ccc(F)c(C#N)c2)n1C.S.S. The number of anilines is 1. The highest BCUT2D eigenvalue weighted by Gasteiger charge is 2.31. The number of nitriles is 1. The monoisotopic (exact) mass is 479 g/mol. The normalized spacial score (nSPS) is 17.0. The van der Waals surface area contributed by atoms with Gasteiger partial charge in [-0.15, -0.1) is 0 Å². The lowest BCUT2D eigenvalue weighted by Gasteiger charge is -2.12. The van der Waals surface area contributed by atoms with E-state index in [0.29, 0.717) is 18.5 Å². The summed E-state index contributed by atoms with van der Waals surface area (Å²) < 4.78 is 15.0. The number of aromatic nitrogens is 1. The van der Waals surface area contributed by atoms with Crippen LogP contribution >= 0.6 is 27.0 Å². The van der Waals surface area contributed by atoms with Crippen molar-refractivity contribution >= 4 is 50.2 Å². The van der Waals surface area contributed by atoms with Crippen LogP contribution in [-0.4, -0.2) is 33.3 Å². The lowest BCUT2D eigenvalue weighted by atomic mass is 9.95. The van der Waals surface area contributed by atoms with Crippen molar-refractivity contribution in [3.05, 3.63) is 52.6 Å². The summed E-state index contributed by atoms with van der Waals surface area (Å²) in [4.78, 5) is 37.8. The Kier molecular flexibility index (Phi) is 9.70. The molecule has 2 N–H and O–H groups in total. The summed E-state index contributed by atoms with van der Waals surface area (Å²) in [7, 11) is 1.59. The van der Waals surface area contributed by atoms with Crippen molar-refractivity contribution in [1.82, 2.24) is 4.57 Å². The van der Waals surface area contributed by atoms with E-state index >= 15 is 0 Å². The molecule has 10 heteroatoms. The van der Waals surface area contributed by atoms with Crippen molar-refractivity contribution in [2.75, 3.05) is 5.32 Å². The molecule has 1 fully saturated rings. The number of hydrogen-bond acceptors (Lipinski definition) is 5. The minimum atomic E-state index is -0.691. The maximum atomic E-state index is 13.5. The van der Waals surface area contributed by atoms with E-state index in [1.165, 1.54) is 22.8 Å². The number of ketones is 2. The summed E-state index contributed by atoms with van der Waals surface area (Å²) in [5.74, 6) is -2.73. The molecule has 1 aliphatic rings. The summed E-state index contributed by atoms with van der Waals surface area (Å²) in [6.07, 6.45) is 1.61. The Labute approximate surface area is 199 Å². The Balaban J connectivity index is 0.00000256. The van der Waals surface area contributed by atoms with E-state index in [1.54, 1.807) is 20.0 Å². The molecule has 3 rings (SSSR count). The first-order valence-corrected chi connectivity index (χ1v) is 9.65. The van der Waals surface area contributed by atoms with Crippen LogP contribution in [0.4, 0.5) is 10.1 Å². The zero-order valence-electron chi connectivity index (χ0n) is 17.7. The van der Waals surface area contributed by atoms with Gasteiger partial charge in [-0.1, -0.05) is 6.42 Å². The molecule has 0 aliphatic heterocycles. The number of aliphatic hydroxyl groups is 1. The molecule has 1 aromatic carbocycles. The maximum Gasteiger partial charge on any atom is 0.272 e. The summed E-state index contributed by atoms with van der Waals surface area (Å²) in [5, 5.41) is 21.4. The van der Waals surface area contributed by atoms with E-state index in [0.717, 1.165) is 12.5 Å². The quantitative estimate of drug-likeness (QED) is 0.488. The molecule has 32 heavy (non-hydrogen) atoms. The zero-order chi connectivity index (χ0) is 22.0. The standard InChI is InChI=1S/C22H22FN3O4.2H2S/c1-12-16(21(29)20(28)9-13-4-3-5-19(13)27)10-18(26(12)2)22(30)25-15-6-7-17(23)14(8-15)11-24;;/h6-8,10,13,19,27H,3-5,9H2,1-2H3,(H,25,30);2*1H2/t13-,19+;;/m1../s1. The van der Waals surface area contributed by atoms with Crippen LogP contribution in [-0.2, 0) is 11.8 Å². The Hall–Kier alpha value is -2.61. The summed E-state index contributed by atoms with van der Waals surface area (Å²) in [6.45, 7) is 1.63. The number of benzene rings is 1. The highest BCUT2D eigenvalue weighted by atomic mass is 32.1. The molecule has 0 bridgehead atoms. The lowest BCUT2D eigenvalue weighted by molar-refractivity contribution is -0.116. The van der Waals surface area contributed by atoms with Crippen molar-refractivity contribution < 1.29 is 23.9 Å². The molecule has 2 aromatic rings. The van der Waals surface area contributed by atoms with Gasteiger partial charge in [0.1, 0.15) is 17.6 Å². The summed E-state index contributed by atoms with van der Waals surface area (Å²) >= 11 is 0. The summed E-state index contributed by atoms with van der Waals surface area (Å²) in [6, 6.07) is 6.67. The Morgan fingerprint density at radius 1 is 1.25 bits per heavy atom. The third kappa shape index (κ3) is 5.59. The summed E-state index contributed by atoms with van der Waals surface area (Å²) in [5.41, 5.74) is 0.772. The predicted octanol–water partition coefficient (Wildman–Crippen LogP) is 3.13. The van der Waals surface area contributed by atoms with Crippen molar-refractivity contribution in [2.45, 2.75) is 38.7 Å². The average molecular weight is 480 g/mol. The molecule has 1 heterocycles. The second kappa shape index (κ2) is 11.3. The number of amides is 1. The molecule has 0 spiro atoms. The van der Waals surface area contributed by atoms with E-state index in [4.69, 9.17) is 5.26 Å². The fourth-order valence-corrected chi connectivity index (χ4v) is 3.77. The van der Waals surface area contributed by atoms with Gasteiger partial charge in [0.05, 0.1) is 11.7 Å². The minimum Gasteiger partial charge on any atom is -0.393 e. The molecule has 1 saturated carbocycles. The average Bonchev–Trinajstić information content (AvgIpc) is 3.25. The molecule has 2 atom stereocenters. The largest absolute Gasteiger partial charge is 0.393 e. The highest BCUT2D eigenvalue weighted by Crippen LogP contribution is 2.29. The number of rotatable bonds is 6. The molecular weight excluding hydrogens is 453 g/mol. The Morgan fingerprint density at radius 2 is 1.94 bits per heavy atom. The predicted molar refractivity (Wildman–Crippen MR) is 127 cm³/mol. The molecule has 172 valence electrons. The van der Waals surface area contributed by atoms with Crippen LogP contribution in [0.2, 0.25) is 0 Å². The van der Waals surface area contributed by atoms with E-state index in [2.05, 4.69) is 5.32 Å². The molecule has 0 saturated heterocycles. The number of Topliss-reactive ketones (excluding diaryl/α,β-unsaturated/α-hetero) is 2. The van der Waals surface area contributed by atoms with E-state index < -0.39 is 29.4 Å². The fraction of sp³-hybridized carbons (Fsp3) is 0.364. The lowest BCUT2D eigenvalue weighted by Crippen LogP contribution is -2.22. The van der Waals surface area contributed by atoms with Crippen LogP contribution in [0.25, 0.3) is 0 Å². The van der Waals surface area contributed by atoms with E-state index in [9.17, 15) is 23.9 Å². The first-order chi connectivity index (χ1) is 14.2. The Bertz CT molecular complexity index is 1080. The third-order valence-corrected chi connectivity index (χ3v) is 5.68. The van der Waals surface area contributed by atoms with Crippen molar-refractivity contribution in [1.29, 1.82) is 5.26 Å². The number of carbonyl (C=O) groups is 3. The van der Waals surface area contributed by atoms with Gasteiger partial charge in [-0.05, 0) is 49.9 Å². The molecule has 0 radical (unpaired) electrons. The smallest absolute Gasteiger partial charge is 0.272 e. The molecule has 1 amide bonds. The Morgan fingerprint density at radius 3 is 2.53 bits per heavy atom. The molecule has 0 unspecified atom stereocenters. The van der Waals surface area contributed by atoms with Crippen LogP contribution in [0.3, 0.4) is 0 Å². The van der Waals surface area contributed by atoms with Gasteiger partial charge in [-0.3, -0.25) is 14.4 Å². The van der Waals surface area contributed by atoms with E-state index in [-0.39, 0.29) is 61.8 Å². The van der Waals surface area contributed by atoms with Gasteiger partial charge < -0.3 is 15.0 Å². The van der Waals surface area contributed by atoms with Crippen molar-refractivity contribution in [3.63, 3.8) is 0 Å². The number of aliphatic hydroxyl groups excluding tert-OH is 1. The second-order valence-electron chi connectivity index (χ2n) is 7.56. The molecular formula is C22H26FN3O4S2. The number of nitrogens with one attached hydrogen (secondary N) is 1. The van der Waals surface area contributed by atoms with Gasteiger partial charge in [0.2, 0.25) is 11.6 Å². The third-order valence-electron chi connectivity index (χ3n) is 5.68. The van der Waals surface area contributed by atoms with Crippen LogP contribution in [0.15, 0.2) is 24.3 Å². The van der Waals surface area contributed by atoms with Crippen LogP contribution in [0, 0.1) is 30.0 Å². The maximum absolute atomic E-state index is 13.5. The molecule has 1 aromatic heterocycles. The number of halogens is 1. The van der Waals surface area contributed by atoms with Gasteiger partial charge in [-0.25, -0.2) is 4.39 Å². The molecule has 1 aliphatic carbocycles. The van der Waals surface area contributed by atoms with Gasteiger partial charge in [0.25, 0.3) is 5.91 Å². The van der Waals surface area contributed by atoms with E-state index in [1.807, 2.05) is 0 Å². The van der Waals surface area contributed by atoms with Gasteiger partial charge in [0.15, 0.2) is 0 Å². The number of carbonyl (C=O) groups excluding carboxylic acids is 3. The molecule has 7 nitrogen and oxygen atoms in total. The number of nitrogens with zero attached hydrogens (tertiary/aromatic N) is 2. The van der Waals surface area contributed by atoms with Crippen molar-refractivity contribution in [2.24, 2.45) is 13.0 Å². The van der Waals surface area contributed by atoms with Crippen LogP contribution in [0.1, 0.15) is 57.8 Å². The van der Waals surface area contributed by atoms with Gasteiger partial charge >= 0.3 is 0 Å². The topological polar surface area (TPSA) is 112 Å². The first-order valence-electron chi connectivity index (χ1n) is 9.65. The zero-order valence-corrected chi connectivity index (χ0v) is 19.7. The first kappa shape index (κ1) is 27.4. The van der Waals surface area contributed by atoms with Crippen LogP contribution in [0.5, 0.6) is 0 Å². The second-order valence-corrected chi connectivity index (χ2v) is 7.56. The van der Waals surface area contributed by atoms with Gasteiger partial charge in [0, 0.05) is 30.4 Å². The van der Waals surface area contributed by atoms with Crippen LogP contribution < -0.4 is 5.32 Å². The van der Waals surface area contributed by atoms with Crippen molar-refractivity contribution in [3.8, 4) is 6.07 Å². The van der Waals surface area contributed by atoms with Gasteiger partial charge in [-0.2, -0.15) is 32.3 Å².